The largest absolute Gasteiger partial charge is 0.368 e. The molecule has 6 nitrogen and oxygen atoms in total. The number of carbonyl (C=O) groups is 2. The van der Waals surface area contributed by atoms with Crippen LogP contribution in [0, 0.1) is 0 Å². The molecule has 4 rings (SSSR count). The van der Waals surface area contributed by atoms with Crippen LogP contribution in [0.2, 0.25) is 0 Å². The van der Waals surface area contributed by atoms with E-state index in [0.717, 1.165) is 34.9 Å². The third-order valence-electron chi connectivity index (χ3n) is 5.25. The van der Waals surface area contributed by atoms with Crippen molar-refractivity contribution in [3.63, 3.8) is 0 Å². The molecule has 1 aliphatic rings. The number of anilines is 2. The molecule has 2 heterocycles. The summed E-state index contributed by atoms with van der Waals surface area (Å²) in [5, 5.41) is 7.86. The minimum atomic E-state index is -0.289. The molecule has 1 aliphatic heterocycles. The molecule has 168 valence electrons. The van der Waals surface area contributed by atoms with Gasteiger partial charge in [-0.3, -0.25) is 14.9 Å². The molecular weight excluding hydrogens is 452 g/mol. The van der Waals surface area contributed by atoms with Gasteiger partial charge in [0.05, 0.1) is 4.88 Å². The number of hydrogen-bond acceptors (Lipinski definition) is 5. The summed E-state index contributed by atoms with van der Waals surface area (Å²) in [5.74, 6) is -0.179. The Morgan fingerprint density at radius 3 is 2.30 bits per heavy atom. The number of amides is 2. The fourth-order valence-electron chi connectivity index (χ4n) is 3.53. The van der Waals surface area contributed by atoms with E-state index in [4.69, 9.17) is 12.2 Å². The fraction of sp³-hybridized carbons (Fsp3) is 0.160. The zero-order valence-corrected chi connectivity index (χ0v) is 19.6. The molecule has 0 unspecified atom stereocenters. The van der Waals surface area contributed by atoms with Crippen molar-refractivity contribution in [2.75, 3.05) is 36.4 Å². The summed E-state index contributed by atoms with van der Waals surface area (Å²) in [6, 6.07) is 21.3. The van der Waals surface area contributed by atoms with Crippen molar-refractivity contribution in [2.45, 2.75) is 0 Å². The first-order chi connectivity index (χ1) is 16.1. The number of thiocarbonyl (C=S) groups is 1. The lowest BCUT2D eigenvalue weighted by Gasteiger charge is -2.36. The smallest absolute Gasteiger partial charge is 0.264 e. The van der Waals surface area contributed by atoms with Crippen LogP contribution in [0.15, 0.2) is 78.2 Å². The maximum Gasteiger partial charge on any atom is 0.264 e. The molecule has 0 saturated carbocycles. The Kier molecular flexibility index (Phi) is 7.49. The first-order valence-corrected chi connectivity index (χ1v) is 11.9. The van der Waals surface area contributed by atoms with Gasteiger partial charge in [0.25, 0.3) is 5.91 Å². The summed E-state index contributed by atoms with van der Waals surface area (Å²) in [7, 11) is 0. The number of piperazine rings is 1. The van der Waals surface area contributed by atoms with Crippen molar-refractivity contribution in [3.05, 3.63) is 88.6 Å². The van der Waals surface area contributed by atoms with E-state index in [0.29, 0.717) is 13.1 Å². The zero-order chi connectivity index (χ0) is 23.0. The van der Waals surface area contributed by atoms with E-state index in [1.807, 2.05) is 77.0 Å². The minimum absolute atomic E-state index is 0.110. The van der Waals surface area contributed by atoms with Crippen molar-refractivity contribution < 1.29 is 9.59 Å². The van der Waals surface area contributed by atoms with Crippen molar-refractivity contribution in [1.29, 1.82) is 0 Å². The molecule has 0 atom stereocenters. The summed E-state index contributed by atoms with van der Waals surface area (Å²) in [6.45, 7) is 2.96. The van der Waals surface area contributed by atoms with Crippen LogP contribution < -0.4 is 15.5 Å². The first kappa shape index (κ1) is 22.7. The molecule has 2 N–H and O–H groups in total. The minimum Gasteiger partial charge on any atom is -0.368 e. The van der Waals surface area contributed by atoms with Gasteiger partial charge in [-0.2, -0.15) is 0 Å². The van der Waals surface area contributed by atoms with E-state index < -0.39 is 0 Å². The number of thiophene rings is 1. The van der Waals surface area contributed by atoms with Crippen LogP contribution in [0.1, 0.15) is 15.2 Å². The van der Waals surface area contributed by atoms with E-state index in [-0.39, 0.29) is 16.9 Å². The summed E-state index contributed by atoms with van der Waals surface area (Å²) in [5.41, 5.74) is 2.82. The normalized spacial score (nSPS) is 13.7. The maximum absolute atomic E-state index is 12.5. The van der Waals surface area contributed by atoms with Gasteiger partial charge in [0.2, 0.25) is 5.91 Å². The second-order valence-electron chi connectivity index (χ2n) is 7.49. The van der Waals surface area contributed by atoms with Crippen LogP contribution in [0.5, 0.6) is 0 Å². The summed E-state index contributed by atoms with van der Waals surface area (Å²) < 4.78 is 0. The molecule has 0 bridgehead atoms. The van der Waals surface area contributed by atoms with E-state index in [1.165, 1.54) is 17.4 Å². The Morgan fingerprint density at radius 1 is 0.909 bits per heavy atom. The van der Waals surface area contributed by atoms with Crippen LogP contribution in [0.25, 0.3) is 6.08 Å². The van der Waals surface area contributed by atoms with E-state index in [1.54, 1.807) is 6.08 Å². The lowest BCUT2D eigenvalue weighted by molar-refractivity contribution is -0.115. The average molecular weight is 477 g/mol. The van der Waals surface area contributed by atoms with Crippen molar-refractivity contribution in [1.82, 2.24) is 10.2 Å². The molecule has 1 aromatic heterocycles. The summed E-state index contributed by atoms with van der Waals surface area (Å²) >= 11 is 6.73. The first-order valence-electron chi connectivity index (χ1n) is 10.6. The fourth-order valence-corrected chi connectivity index (χ4v) is 4.44. The number of hydrogen-bond donors (Lipinski definition) is 2. The number of rotatable bonds is 5. The van der Waals surface area contributed by atoms with Crippen LogP contribution in [0.3, 0.4) is 0 Å². The van der Waals surface area contributed by atoms with Crippen molar-refractivity contribution in [3.8, 4) is 0 Å². The molecule has 1 saturated heterocycles. The number of carbonyl (C=O) groups excluding carboxylic acids is 2. The van der Waals surface area contributed by atoms with Crippen molar-refractivity contribution >= 4 is 57.9 Å². The molecule has 3 aromatic rings. The van der Waals surface area contributed by atoms with Gasteiger partial charge in [-0.1, -0.05) is 36.4 Å². The molecule has 2 aromatic carbocycles. The van der Waals surface area contributed by atoms with Gasteiger partial charge >= 0.3 is 0 Å². The second-order valence-corrected chi connectivity index (χ2v) is 8.85. The predicted molar refractivity (Wildman–Crippen MR) is 139 cm³/mol. The van der Waals surface area contributed by atoms with E-state index >= 15 is 0 Å². The Balaban J connectivity index is 1.24. The van der Waals surface area contributed by atoms with Gasteiger partial charge in [0.15, 0.2) is 5.11 Å². The Bertz CT molecular complexity index is 1120. The van der Waals surface area contributed by atoms with E-state index in [9.17, 15) is 9.59 Å². The lowest BCUT2D eigenvalue weighted by Crippen LogP contribution is -2.48. The molecule has 0 aliphatic carbocycles. The molecule has 0 spiro atoms. The number of benzene rings is 2. The third-order valence-corrected chi connectivity index (χ3v) is 6.31. The number of nitrogens with one attached hydrogen (secondary N) is 2. The quantitative estimate of drug-likeness (QED) is 0.426. The number of nitrogens with zero attached hydrogens (tertiary/aromatic N) is 2. The SMILES string of the molecule is O=C(C=Cc1ccccc1)NC(=S)Nc1ccc(N2CCN(C(=O)c3cccs3)CC2)cc1. The maximum atomic E-state index is 12.5. The summed E-state index contributed by atoms with van der Waals surface area (Å²) in [6.07, 6.45) is 3.19. The van der Waals surface area contributed by atoms with Gasteiger partial charge in [-0.25, -0.2) is 0 Å². The van der Waals surface area contributed by atoms with Gasteiger partial charge in [0, 0.05) is 43.6 Å². The second kappa shape index (κ2) is 10.9. The van der Waals surface area contributed by atoms with Crippen molar-refractivity contribution in [2.24, 2.45) is 0 Å². The molecule has 0 radical (unpaired) electrons. The van der Waals surface area contributed by atoms with Crippen LogP contribution in [-0.4, -0.2) is 48.0 Å². The third kappa shape index (κ3) is 6.27. The van der Waals surface area contributed by atoms with Crippen LogP contribution in [0.4, 0.5) is 11.4 Å². The standard InChI is InChI=1S/C25H24N4O2S2/c30-23(13-8-19-5-2-1-3-6-19)27-25(32)26-20-9-11-21(12-10-20)28-14-16-29(17-15-28)24(31)22-7-4-18-33-22/h1-13,18H,14-17H2,(H2,26,27,30,32). The molecule has 8 heteroatoms. The summed E-state index contributed by atoms with van der Waals surface area (Å²) in [4.78, 5) is 29.5. The Labute approximate surface area is 202 Å². The highest BCUT2D eigenvalue weighted by Crippen LogP contribution is 2.21. The molecule has 1 fully saturated rings. The van der Waals surface area contributed by atoms with Gasteiger partial charge in [0.1, 0.15) is 0 Å². The van der Waals surface area contributed by atoms with Gasteiger partial charge in [-0.05, 0) is 59.6 Å². The Morgan fingerprint density at radius 2 is 1.64 bits per heavy atom. The lowest BCUT2D eigenvalue weighted by atomic mass is 10.2. The highest BCUT2D eigenvalue weighted by atomic mass is 32.1. The van der Waals surface area contributed by atoms with E-state index in [2.05, 4.69) is 15.5 Å². The van der Waals surface area contributed by atoms with Crippen LogP contribution in [-0.2, 0) is 4.79 Å². The monoisotopic (exact) mass is 476 g/mol. The predicted octanol–water partition coefficient (Wildman–Crippen LogP) is 4.24. The highest BCUT2D eigenvalue weighted by molar-refractivity contribution is 7.80. The average Bonchev–Trinajstić information content (AvgIpc) is 3.39. The Hall–Kier alpha value is -3.49. The zero-order valence-electron chi connectivity index (χ0n) is 17.9. The van der Waals surface area contributed by atoms with Gasteiger partial charge in [-0.15, -0.1) is 11.3 Å². The highest BCUT2D eigenvalue weighted by Gasteiger charge is 2.22. The molecule has 2 amide bonds. The molecular formula is C25H24N4O2S2. The van der Waals surface area contributed by atoms with Gasteiger partial charge < -0.3 is 15.1 Å². The molecule has 33 heavy (non-hydrogen) atoms. The van der Waals surface area contributed by atoms with Crippen LogP contribution >= 0.6 is 23.6 Å². The topological polar surface area (TPSA) is 64.7 Å².